The number of hydrogen-bond acceptors (Lipinski definition) is 5. The molecular formula is C13H23N3O3S. The number of rotatable bonds is 3. The Kier molecular flexibility index (Phi) is 4.01. The van der Waals surface area contributed by atoms with E-state index in [9.17, 15) is 13.2 Å². The first-order chi connectivity index (χ1) is 9.53. The van der Waals surface area contributed by atoms with Gasteiger partial charge in [0.05, 0.1) is 11.5 Å². The van der Waals surface area contributed by atoms with Crippen molar-refractivity contribution >= 4 is 15.7 Å². The lowest BCUT2D eigenvalue weighted by Gasteiger charge is -2.25. The van der Waals surface area contributed by atoms with E-state index in [1.807, 2.05) is 0 Å². The highest BCUT2D eigenvalue weighted by Gasteiger charge is 2.38. The molecule has 3 atom stereocenters. The van der Waals surface area contributed by atoms with Crippen LogP contribution in [0, 0.1) is 0 Å². The minimum atomic E-state index is -2.97. The van der Waals surface area contributed by atoms with Gasteiger partial charge in [-0.05, 0) is 25.8 Å². The van der Waals surface area contributed by atoms with E-state index in [2.05, 4.69) is 15.5 Å². The Hall–Kier alpha value is -0.660. The Bertz CT molecular complexity index is 479. The predicted octanol–water partition coefficient (Wildman–Crippen LogP) is -0.884. The number of nitrogens with one attached hydrogen (secondary N) is 2. The average molecular weight is 301 g/mol. The van der Waals surface area contributed by atoms with Crippen molar-refractivity contribution in [1.82, 2.24) is 15.5 Å². The number of sulfone groups is 1. The zero-order valence-electron chi connectivity index (χ0n) is 11.7. The van der Waals surface area contributed by atoms with E-state index in [1.54, 1.807) is 0 Å². The Morgan fingerprint density at radius 3 is 2.95 bits per heavy atom. The van der Waals surface area contributed by atoms with Crippen LogP contribution in [0.2, 0.25) is 0 Å². The van der Waals surface area contributed by atoms with Gasteiger partial charge in [-0.25, -0.2) is 8.42 Å². The van der Waals surface area contributed by atoms with Crippen LogP contribution in [0.4, 0.5) is 0 Å². The van der Waals surface area contributed by atoms with Crippen molar-refractivity contribution in [3.63, 3.8) is 0 Å². The first kappa shape index (κ1) is 14.3. The van der Waals surface area contributed by atoms with E-state index in [1.165, 1.54) is 12.8 Å². The van der Waals surface area contributed by atoms with Crippen LogP contribution in [-0.4, -0.2) is 68.5 Å². The molecule has 2 N–H and O–H groups in total. The largest absolute Gasteiger partial charge is 0.352 e. The summed E-state index contributed by atoms with van der Waals surface area (Å²) in [5.74, 6) is 0.254. The van der Waals surface area contributed by atoms with E-state index < -0.39 is 9.84 Å². The number of nitrogens with zero attached hydrogens (tertiary/aromatic N) is 1. The minimum Gasteiger partial charge on any atom is -0.352 e. The zero-order chi connectivity index (χ0) is 14.2. The molecule has 1 amide bonds. The number of hydrogen-bond donors (Lipinski definition) is 2. The molecule has 0 aromatic carbocycles. The first-order valence-electron chi connectivity index (χ1n) is 7.51. The Labute approximate surface area is 120 Å². The highest BCUT2D eigenvalue weighted by Crippen LogP contribution is 2.27. The van der Waals surface area contributed by atoms with E-state index in [0.29, 0.717) is 12.6 Å². The topological polar surface area (TPSA) is 78.5 Å². The fourth-order valence-corrected chi connectivity index (χ4v) is 5.18. The molecule has 0 radical (unpaired) electrons. The normalized spacial score (nSPS) is 36.7. The summed E-state index contributed by atoms with van der Waals surface area (Å²) in [7, 11) is -2.97. The second-order valence-electron chi connectivity index (χ2n) is 6.18. The summed E-state index contributed by atoms with van der Waals surface area (Å²) in [5, 5.41) is 6.24. The lowest BCUT2D eigenvalue weighted by Crippen LogP contribution is -2.49. The molecule has 6 nitrogen and oxygen atoms in total. The average Bonchev–Trinajstić information content (AvgIpc) is 2.92. The number of carbonyl (C=O) groups excluding carboxylic acids is 1. The van der Waals surface area contributed by atoms with Crippen molar-refractivity contribution < 1.29 is 13.2 Å². The quantitative estimate of drug-likeness (QED) is 0.707. The van der Waals surface area contributed by atoms with Gasteiger partial charge < -0.3 is 10.6 Å². The van der Waals surface area contributed by atoms with E-state index in [4.69, 9.17) is 0 Å². The SMILES string of the molecule is O=C(CC1CS(=O)(=O)CCN1)NC1CCN2CCCC12. The first-order valence-corrected chi connectivity index (χ1v) is 9.33. The summed E-state index contributed by atoms with van der Waals surface area (Å²) < 4.78 is 23.1. The van der Waals surface area contributed by atoms with Gasteiger partial charge in [0.1, 0.15) is 0 Å². The number of carbonyl (C=O) groups is 1. The van der Waals surface area contributed by atoms with Crippen LogP contribution in [0.25, 0.3) is 0 Å². The molecule has 0 aromatic heterocycles. The van der Waals surface area contributed by atoms with Gasteiger partial charge in [-0.3, -0.25) is 9.69 Å². The molecule has 0 aromatic rings. The van der Waals surface area contributed by atoms with Crippen molar-refractivity contribution in [1.29, 1.82) is 0 Å². The van der Waals surface area contributed by atoms with Crippen LogP contribution in [0.3, 0.4) is 0 Å². The van der Waals surface area contributed by atoms with Gasteiger partial charge in [-0.1, -0.05) is 0 Å². The summed E-state index contributed by atoms with van der Waals surface area (Å²) in [6, 6.07) is 0.530. The zero-order valence-corrected chi connectivity index (χ0v) is 12.5. The fraction of sp³-hybridized carbons (Fsp3) is 0.923. The maximum Gasteiger partial charge on any atom is 0.221 e. The third-order valence-corrected chi connectivity index (χ3v) is 6.42. The van der Waals surface area contributed by atoms with Gasteiger partial charge in [0.15, 0.2) is 9.84 Å². The summed E-state index contributed by atoms with van der Waals surface area (Å²) >= 11 is 0. The smallest absolute Gasteiger partial charge is 0.221 e. The predicted molar refractivity (Wildman–Crippen MR) is 76.2 cm³/mol. The van der Waals surface area contributed by atoms with E-state index in [-0.39, 0.29) is 35.9 Å². The second kappa shape index (κ2) is 5.61. The van der Waals surface area contributed by atoms with Crippen LogP contribution in [0.1, 0.15) is 25.7 Å². The van der Waals surface area contributed by atoms with Gasteiger partial charge in [-0.2, -0.15) is 0 Å². The molecule has 3 fully saturated rings. The van der Waals surface area contributed by atoms with Crippen molar-refractivity contribution in [2.24, 2.45) is 0 Å². The lowest BCUT2D eigenvalue weighted by molar-refractivity contribution is -0.122. The molecule has 3 saturated heterocycles. The molecule has 0 saturated carbocycles. The molecule has 114 valence electrons. The molecule has 0 bridgehead atoms. The molecule has 3 aliphatic rings. The molecule has 0 aliphatic carbocycles. The number of fused-ring (bicyclic) bond motifs is 1. The molecule has 3 rings (SSSR count). The summed E-state index contributed by atoms with van der Waals surface area (Å²) in [6.07, 6.45) is 3.68. The molecule has 0 spiro atoms. The monoisotopic (exact) mass is 301 g/mol. The Balaban J connectivity index is 1.50. The molecule has 7 heteroatoms. The third kappa shape index (κ3) is 3.15. The molecular weight excluding hydrogens is 278 g/mol. The van der Waals surface area contributed by atoms with Crippen molar-refractivity contribution in [3.05, 3.63) is 0 Å². The van der Waals surface area contributed by atoms with Gasteiger partial charge in [0, 0.05) is 37.6 Å². The third-order valence-electron chi connectivity index (χ3n) is 4.69. The maximum atomic E-state index is 12.1. The lowest BCUT2D eigenvalue weighted by atomic mass is 10.1. The van der Waals surface area contributed by atoms with Crippen LogP contribution in [0.15, 0.2) is 0 Å². The van der Waals surface area contributed by atoms with E-state index in [0.717, 1.165) is 19.5 Å². The van der Waals surface area contributed by atoms with Crippen LogP contribution >= 0.6 is 0 Å². The molecule has 20 heavy (non-hydrogen) atoms. The maximum absolute atomic E-state index is 12.1. The minimum absolute atomic E-state index is 0.0154. The second-order valence-corrected chi connectivity index (χ2v) is 8.41. The van der Waals surface area contributed by atoms with Crippen molar-refractivity contribution in [3.8, 4) is 0 Å². The van der Waals surface area contributed by atoms with Crippen LogP contribution < -0.4 is 10.6 Å². The summed E-state index contributed by atoms with van der Waals surface area (Å²) in [4.78, 5) is 14.6. The van der Waals surface area contributed by atoms with Gasteiger partial charge in [-0.15, -0.1) is 0 Å². The highest BCUT2D eigenvalue weighted by atomic mass is 32.2. The summed E-state index contributed by atoms with van der Waals surface area (Å²) in [6.45, 7) is 2.69. The molecule has 3 heterocycles. The van der Waals surface area contributed by atoms with Gasteiger partial charge in [0.2, 0.25) is 5.91 Å². The van der Waals surface area contributed by atoms with E-state index >= 15 is 0 Å². The molecule has 3 aliphatic heterocycles. The van der Waals surface area contributed by atoms with Crippen LogP contribution in [0.5, 0.6) is 0 Å². The van der Waals surface area contributed by atoms with Crippen LogP contribution in [-0.2, 0) is 14.6 Å². The fourth-order valence-electron chi connectivity index (χ4n) is 3.74. The van der Waals surface area contributed by atoms with Gasteiger partial charge in [0.25, 0.3) is 0 Å². The molecule has 3 unspecified atom stereocenters. The summed E-state index contributed by atoms with van der Waals surface area (Å²) in [5.41, 5.74) is 0. The van der Waals surface area contributed by atoms with Gasteiger partial charge >= 0.3 is 0 Å². The number of amides is 1. The Morgan fingerprint density at radius 1 is 1.30 bits per heavy atom. The standard InChI is InChI=1S/C13H23N3O3S/c17-13(8-10-9-20(18,19)7-4-14-10)15-11-3-6-16-5-1-2-12(11)16/h10-12,14H,1-9H2,(H,15,17). The van der Waals surface area contributed by atoms with Crippen molar-refractivity contribution in [2.75, 3.05) is 31.1 Å². The highest BCUT2D eigenvalue weighted by molar-refractivity contribution is 7.91. The Morgan fingerprint density at radius 2 is 2.15 bits per heavy atom. The van der Waals surface area contributed by atoms with Crippen molar-refractivity contribution in [2.45, 2.75) is 43.8 Å².